The Bertz CT molecular complexity index is 893. The van der Waals surface area contributed by atoms with Crippen LogP contribution >= 0.6 is 11.6 Å². The molecule has 1 atom stereocenters. The standard InChI is InChI=1S/C18H18ClF3N2O5/c1-10(11-3-4-16(29-6-5-25)17(7-11)28-2)23-14-9-13(19)12(18(20,21)22)8-15(14)24(26)27/h3-4,7-10,23,25H,5-6H2,1-2H3. The normalized spacial score (nSPS) is 12.4. The number of hydrogen-bond acceptors (Lipinski definition) is 6. The molecule has 0 heterocycles. The van der Waals surface area contributed by atoms with Crippen LogP contribution in [0, 0.1) is 10.1 Å². The van der Waals surface area contributed by atoms with Gasteiger partial charge in [0.15, 0.2) is 11.5 Å². The van der Waals surface area contributed by atoms with Crippen LogP contribution in [0.5, 0.6) is 11.5 Å². The van der Waals surface area contributed by atoms with Crippen molar-refractivity contribution in [1.82, 2.24) is 0 Å². The van der Waals surface area contributed by atoms with E-state index >= 15 is 0 Å². The number of anilines is 1. The van der Waals surface area contributed by atoms with Crippen molar-refractivity contribution in [3.05, 3.63) is 56.6 Å². The van der Waals surface area contributed by atoms with E-state index in [0.717, 1.165) is 6.07 Å². The fourth-order valence-corrected chi connectivity index (χ4v) is 2.86. The largest absolute Gasteiger partial charge is 0.493 e. The first-order valence-corrected chi connectivity index (χ1v) is 8.69. The molecule has 0 aliphatic rings. The molecule has 0 spiro atoms. The number of nitro groups is 1. The number of halogens is 4. The topological polar surface area (TPSA) is 93.9 Å². The number of alkyl halides is 3. The number of aliphatic hydroxyl groups is 1. The van der Waals surface area contributed by atoms with Gasteiger partial charge in [0.2, 0.25) is 0 Å². The first-order chi connectivity index (χ1) is 13.6. The SMILES string of the molecule is COc1cc(C(C)Nc2cc(Cl)c(C(F)(F)F)cc2[N+](=O)[O-])ccc1OCCO. The quantitative estimate of drug-likeness (QED) is 0.457. The van der Waals surface area contributed by atoms with Crippen molar-refractivity contribution in [2.24, 2.45) is 0 Å². The molecule has 0 aromatic heterocycles. The lowest BCUT2D eigenvalue weighted by atomic mass is 10.1. The minimum absolute atomic E-state index is 0.0692. The summed E-state index contributed by atoms with van der Waals surface area (Å²) in [5.74, 6) is 0.755. The number of nitro benzene ring substituents is 1. The Morgan fingerprint density at radius 1 is 1.28 bits per heavy atom. The Morgan fingerprint density at radius 3 is 2.52 bits per heavy atom. The van der Waals surface area contributed by atoms with Crippen LogP contribution in [-0.2, 0) is 6.18 Å². The Kier molecular flexibility index (Phi) is 7.15. The lowest BCUT2D eigenvalue weighted by molar-refractivity contribution is -0.384. The minimum atomic E-state index is -4.82. The molecule has 11 heteroatoms. The number of nitrogens with zero attached hydrogens (tertiary/aromatic N) is 1. The van der Waals surface area contributed by atoms with Crippen molar-refractivity contribution in [3.8, 4) is 11.5 Å². The van der Waals surface area contributed by atoms with E-state index in [1.165, 1.54) is 7.11 Å². The van der Waals surface area contributed by atoms with Crippen LogP contribution in [0.3, 0.4) is 0 Å². The second kappa shape index (κ2) is 9.19. The highest BCUT2D eigenvalue weighted by Gasteiger charge is 2.36. The van der Waals surface area contributed by atoms with E-state index in [4.69, 9.17) is 26.2 Å². The molecule has 0 radical (unpaired) electrons. The molecule has 29 heavy (non-hydrogen) atoms. The highest BCUT2D eigenvalue weighted by Crippen LogP contribution is 2.41. The molecule has 1 unspecified atom stereocenters. The van der Waals surface area contributed by atoms with Gasteiger partial charge in [-0.3, -0.25) is 10.1 Å². The monoisotopic (exact) mass is 434 g/mol. The molecule has 0 fully saturated rings. The smallest absolute Gasteiger partial charge is 0.418 e. The van der Waals surface area contributed by atoms with E-state index in [0.29, 0.717) is 23.1 Å². The summed E-state index contributed by atoms with van der Waals surface area (Å²) in [7, 11) is 1.42. The summed E-state index contributed by atoms with van der Waals surface area (Å²) in [6.07, 6.45) is -4.82. The van der Waals surface area contributed by atoms with Crippen molar-refractivity contribution >= 4 is 23.0 Å². The number of methoxy groups -OCH3 is 1. The molecule has 158 valence electrons. The Hall–Kier alpha value is -2.72. The van der Waals surface area contributed by atoms with Gasteiger partial charge in [-0.1, -0.05) is 17.7 Å². The fourth-order valence-electron chi connectivity index (χ4n) is 2.59. The Balaban J connectivity index is 2.36. The van der Waals surface area contributed by atoms with Gasteiger partial charge in [0, 0.05) is 12.1 Å². The van der Waals surface area contributed by atoms with Crippen molar-refractivity contribution in [1.29, 1.82) is 0 Å². The van der Waals surface area contributed by atoms with Gasteiger partial charge in [0.1, 0.15) is 12.3 Å². The van der Waals surface area contributed by atoms with Gasteiger partial charge in [-0.2, -0.15) is 13.2 Å². The number of aliphatic hydroxyl groups excluding tert-OH is 1. The summed E-state index contributed by atoms with van der Waals surface area (Å²) < 4.78 is 49.5. The van der Waals surface area contributed by atoms with Crippen molar-refractivity contribution < 1.29 is 32.7 Å². The van der Waals surface area contributed by atoms with Crippen LogP contribution in [0.2, 0.25) is 5.02 Å². The third kappa shape index (κ3) is 5.42. The fraction of sp³-hybridized carbons (Fsp3) is 0.333. The molecule has 0 aliphatic carbocycles. The molecule has 2 aromatic rings. The lowest BCUT2D eigenvalue weighted by Crippen LogP contribution is -2.12. The molecule has 7 nitrogen and oxygen atoms in total. The zero-order chi connectivity index (χ0) is 21.8. The molecule has 0 saturated carbocycles. The summed E-state index contributed by atoms with van der Waals surface area (Å²) in [4.78, 5) is 10.4. The highest BCUT2D eigenvalue weighted by atomic mass is 35.5. The van der Waals surface area contributed by atoms with E-state index < -0.39 is 33.4 Å². The van der Waals surface area contributed by atoms with Gasteiger partial charge >= 0.3 is 6.18 Å². The minimum Gasteiger partial charge on any atom is -0.493 e. The number of nitrogens with one attached hydrogen (secondary N) is 1. The van der Waals surface area contributed by atoms with Crippen molar-refractivity contribution in [2.45, 2.75) is 19.1 Å². The van der Waals surface area contributed by atoms with Crippen LogP contribution in [-0.4, -0.2) is 30.4 Å². The van der Waals surface area contributed by atoms with Gasteiger partial charge in [-0.05, 0) is 30.7 Å². The van der Waals surface area contributed by atoms with Gasteiger partial charge < -0.3 is 19.9 Å². The second-order valence-electron chi connectivity index (χ2n) is 5.95. The number of hydrogen-bond donors (Lipinski definition) is 2. The molecule has 0 amide bonds. The Labute approximate surface area is 169 Å². The first kappa shape index (κ1) is 22.6. The lowest BCUT2D eigenvalue weighted by Gasteiger charge is -2.19. The van der Waals surface area contributed by atoms with Crippen LogP contribution in [0.1, 0.15) is 24.1 Å². The average Bonchev–Trinajstić information content (AvgIpc) is 2.64. The molecule has 2 N–H and O–H groups in total. The average molecular weight is 435 g/mol. The first-order valence-electron chi connectivity index (χ1n) is 8.31. The van der Waals surface area contributed by atoms with E-state index in [9.17, 15) is 23.3 Å². The van der Waals surface area contributed by atoms with E-state index in [-0.39, 0.29) is 18.9 Å². The van der Waals surface area contributed by atoms with E-state index in [1.54, 1.807) is 25.1 Å². The van der Waals surface area contributed by atoms with Crippen LogP contribution in [0.4, 0.5) is 24.5 Å². The van der Waals surface area contributed by atoms with E-state index in [2.05, 4.69) is 5.32 Å². The zero-order valence-corrected chi connectivity index (χ0v) is 16.2. The molecular weight excluding hydrogens is 417 g/mol. The van der Waals surface area contributed by atoms with Crippen LogP contribution in [0.15, 0.2) is 30.3 Å². The van der Waals surface area contributed by atoms with E-state index in [1.807, 2.05) is 0 Å². The predicted molar refractivity (Wildman–Crippen MR) is 101 cm³/mol. The third-order valence-corrected chi connectivity index (χ3v) is 4.31. The van der Waals surface area contributed by atoms with Crippen molar-refractivity contribution in [2.75, 3.05) is 25.6 Å². The van der Waals surface area contributed by atoms with Gasteiger partial charge in [0.05, 0.1) is 29.2 Å². The summed E-state index contributed by atoms with van der Waals surface area (Å²) in [6.45, 7) is 1.55. The molecular formula is C18H18ClF3N2O5. The Morgan fingerprint density at radius 2 is 1.97 bits per heavy atom. The van der Waals surface area contributed by atoms with Crippen LogP contribution < -0.4 is 14.8 Å². The number of benzene rings is 2. The highest BCUT2D eigenvalue weighted by molar-refractivity contribution is 6.31. The maximum Gasteiger partial charge on any atom is 0.418 e. The van der Waals surface area contributed by atoms with Gasteiger partial charge in [-0.25, -0.2) is 0 Å². The van der Waals surface area contributed by atoms with Crippen molar-refractivity contribution in [3.63, 3.8) is 0 Å². The zero-order valence-electron chi connectivity index (χ0n) is 15.4. The molecule has 0 bridgehead atoms. The summed E-state index contributed by atoms with van der Waals surface area (Å²) in [6, 6.07) is 5.61. The summed E-state index contributed by atoms with van der Waals surface area (Å²) in [5.41, 5.74) is -1.55. The predicted octanol–water partition coefficient (Wildman–Crippen LogP) is 4.82. The third-order valence-electron chi connectivity index (χ3n) is 4.00. The van der Waals surface area contributed by atoms with Gasteiger partial charge in [0.25, 0.3) is 5.69 Å². The summed E-state index contributed by atoms with van der Waals surface area (Å²) in [5, 5.41) is 22.3. The molecule has 2 rings (SSSR count). The molecule has 0 aliphatic heterocycles. The summed E-state index contributed by atoms with van der Waals surface area (Å²) >= 11 is 5.70. The van der Waals surface area contributed by atoms with Crippen LogP contribution in [0.25, 0.3) is 0 Å². The maximum absolute atomic E-state index is 13.0. The maximum atomic E-state index is 13.0. The number of ether oxygens (including phenoxy) is 2. The molecule has 0 saturated heterocycles. The van der Waals surface area contributed by atoms with Gasteiger partial charge in [-0.15, -0.1) is 0 Å². The number of rotatable bonds is 8. The molecule has 2 aromatic carbocycles. The second-order valence-corrected chi connectivity index (χ2v) is 6.36.